The van der Waals surface area contributed by atoms with Gasteiger partial charge in [0.2, 0.25) is 0 Å². The topological polar surface area (TPSA) is 56.4 Å². The Bertz CT molecular complexity index is 781. The summed E-state index contributed by atoms with van der Waals surface area (Å²) < 4.78 is 0. The Hall–Kier alpha value is -2.56. The molecule has 26 heavy (non-hydrogen) atoms. The van der Waals surface area contributed by atoms with Gasteiger partial charge in [-0.3, -0.25) is 9.59 Å². The highest BCUT2D eigenvalue weighted by atomic mass is 16.2. The minimum Gasteiger partial charge on any atom is -0.367 e. The number of amides is 2. The number of carbonyl (C=O) groups is 2. The van der Waals surface area contributed by atoms with Crippen LogP contribution in [0.1, 0.15) is 58.0 Å². The average Bonchev–Trinajstić information content (AvgIpc) is 3.05. The van der Waals surface area contributed by atoms with E-state index in [0.717, 1.165) is 17.5 Å². The zero-order valence-corrected chi connectivity index (χ0v) is 15.8. The van der Waals surface area contributed by atoms with Crippen LogP contribution in [-0.2, 0) is 0 Å². The zero-order chi connectivity index (χ0) is 18.7. The Balaban J connectivity index is 1.72. The molecule has 0 radical (unpaired) electrons. The molecule has 3 rings (SSSR count). The summed E-state index contributed by atoms with van der Waals surface area (Å²) in [7, 11) is 0. The smallest absolute Gasteiger partial charge is 0.255 e. The van der Waals surface area contributed by atoms with Crippen molar-refractivity contribution in [2.24, 2.45) is 0 Å². The Morgan fingerprint density at radius 3 is 2.31 bits per heavy atom. The van der Waals surface area contributed by atoms with E-state index in [1.165, 1.54) is 5.56 Å². The summed E-state index contributed by atoms with van der Waals surface area (Å²) in [4.78, 5) is 32.3. The number of aromatic amines is 1. The number of carbonyl (C=O) groups excluding carboxylic acids is 2. The normalized spacial score (nSPS) is 15.2. The number of aromatic nitrogens is 1. The summed E-state index contributed by atoms with van der Waals surface area (Å²) in [6, 6.07) is 7.94. The minimum absolute atomic E-state index is 0.0264. The summed E-state index contributed by atoms with van der Waals surface area (Å²) in [6.45, 7) is 8.75. The Labute approximate surface area is 155 Å². The van der Waals surface area contributed by atoms with Crippen LogP contribution in [-0.4, -0.2) is 52.8 Å². The van der Waals surface area contributed by atoms with Crippen molar-refractivity contribution in [1.82, 2.24) is 14.8 Å². The van der Waals surface area contributed by atoms with Gasteiger partial charge in [-0.05, 0) is 42.5 Å². The molecule has 0 bridgehead atoms. The summed E-state index contributed by atoms with van der Waals surface area (Å²) >= 11 is 0. The van der Waals surface area contributed by atoms with Gasteiger partial charge in [-0.1, -0.05) is 26.0 Å². The van der Waals surface area contributed by atoms with Crippen molar-refractivity contribution in [2.45, 2.75) is 33.1 Å². The van der Waals surface area contributed by atoms with Gasteiger partial charge in [-0.25, -0.2) is 0 Å². The van der Waals surface area contributed by atoms with Crippen molar-refractivity contribution in [3.63, 3.8) is 0 Å². The first-order chi connectivity index (χ1) is 12.5. The van der Waals surface area contributed by atoms with Gasteiger partial charge in [0.25, 0.3) is 11.8 Å². The molecule has 138 valence electrons. The second kappa shape index (κ2) is 7.77. The number of nitrogens with zero attached hydrogens (tertiary/aromatic N) is 2. The van der Waals surface area contributed by atoms with Gasteiger partial charge in [0, 0.05) is 44.1 Å². The molecular weight excluding hydrogens is 326 g/mol. The third kappa shape index (κ3) is 3.82. The van der Waals surface area contributed by atoms with Crippen LogP contribution >= 0.6 is 0 Å². The molecule has 2 amide bonds. The van der Waals surface area contributed by atoms with Gasteiger partial charge >= 0.3 is 0 Å². The van der Waals surface area contributed by atoms with Crippen molar-refractivity contribution < 1.29 is 9.59 Å². The van der Waals surface area contributed by atoms with Crippen LogP contribution in [0.4, 0.5) is 0 Å². The fourth-order valence-electron chi connectivity index (χ4n) is 3.36. The molecule has 2 heterocycles. The monoisotopic (exact) mass is 353 g/mol. The largest absolute Gasteiger partial charge is 0.367 e. The molecule has 5 nitrogen and oxygen atoms in total. The maximum absolute atomic E-state index is 13.1. The van der Waals surface area contributed by atoms with Crippen molar-refractivity contribution in [3.05, 3.63) is 58.9 Å². The molecule has 2 aromatic rings. The van der Waals surface area contributed by atoms with E-state index in [-0.39, 0.29) is 11.8 Å². The molecule has 1 aliphatic heterocycles. The first-order valence-corrected chi connectivity index (χ1v) is 9.29. The summed E-state index contributed by atoms with van der Waals surface area (Å²) in [5.41, 5.74) is 3.63. The van der Waals surface area contributed by atoms with Crippen LogP contribution in [0, 0.1) is 6.92 Å². The quantitative estimate of drug-likeness (QED) is 0.919. The highest BCUT2D eigenvalue weighted by Gasteiger charge is 2.24. The van der Waals surface area contributed by atoms with E-state index < -0.39 is 0 Å². The lowest BCUT2D eigenvalue weighted by Crippen LogP contribution is -2.37. The highest BCUT2D eigenvalue weighted by Crippen LogP contribution is 2.21. The van der Waals surface area contributed by atoms with E-state index >= 15 is 0 Å². The molecule has 1 aromatic heterocycles. The lowest BCUT2D eigenvalue weighted by Gasteiger charge is -2.23. The lowest BCUT2D eigenvalue weighted by molar-refractivity contribution is 0.0718. The van der Waals surface area contributed by atoms with Crippen molar-refractivity contribution in [2.75, 3.05) is 26.2 Å². The molecule has 0 saturated carbocycles. The van der Waals surface area contributed by atoms with E-state index in [2.05, 4.69) is 24.9 Å². The first kappa shape index (κ1) is 18.2. The fraction of sp³-hybridized carbons (Fsp3) is 0.429. The van der Waals surface area contributed by atoms with Crippen molar-refractivity contribution >= 4 is 11.8 Å². The molecule has 0 unspecified atom stereocenters. The van der Waals surface area contributed by atoms with Crippen LogP contribution in [0.5, 0.6) is 0 Å². The van der Waals surface area contributed by atoms with Crippen LogP contribution in [0.15, 0.2) is 36.7 Å². The van der Waals surface area contributed by atoms with Gasteiger partial charge in [0.1, 0.15) is 0 Å². The molecule has 0 aliphatic carbocycles. The molecule has 0 atom stereocenters. The minimum atomic E-state index is 0.0264. The molecule has 1 saturated heterocycles. The number of rotatable bonds is 3. The van der Waals surface area contributed by atoms with Crippen LogP contribution in [0.3, 0.4) is 0 Å². The number of hydrogen-bond acceptors (Lipinski definition) is 2. The van der Waals surface area contributed by atoms with Gasteiger partial charge in [0.05, 0.1) is 5.56 Å². The van der Waals surface area contributed by atoms with E-state index in [1.807, 2.05) is 28.9 Å². The summed E-state index contributed by atoms with van der Waals surface area (Å²) in [5, 5.41) is 0. The second-order valence-electron chi connectivity index (χ2n) is 7.27. The average molecular weight is 353 g/mol. The highest BCUT2D eigenvalue weighted by molar-refractivity contribution is 5.96. The maximum Gasteiger partial charge on any atom is 0.255 e. The van der Waals surface area contributed by atoms with Gasteiger partial charge in [-0.2, -0.15) is 0 Å². The standard InChI is InChI=1S/C21H27N3O2/c1-15(2)17-6-5-16(3)19(13-17)21(26)24-10-4-9-23(11-12-24)20(25)18-7-8-22-14-18/h5-8,13-15,22H,4,9-12H2,1-3H3. The predicted molar refractivity (Wildman–Crippen MR) is 102 cm³/mol. The zero-order valence-electron chi connectivity index (χ0n) is 15.8. The SMILES string of the molecule is Cc1ccc(C(C)C)cc1C(=O)N1CCCN(C(=O)c2cc[nH]c2)CC1. The van der Waals surface area contributed by atoms with Crippen LogP contribution < -0.4 is 0 Å². The molecule has 1 fully saturated rings. The van der Waals surface area contributed by atoms with E-state index in [0.29, 0.717) is 37.7 Å². The predicted octanol–water partition coefficient (Wildman–Crippen LogP) is 3.43. The maximum atomic E-state index is 13.1. The van der Waals surface area contributed by atoms with E-state index in [1.54, 1.807) is 18.5 Å². The number of benzene rings is 1. The van der Waals surface area contributed by atoms with Crippen molar-refractivity contribution in [3.8, 4) is 0 Å². The first-order valence-electron chi connectivity index (χ1n) is 9.29. The second-order valence-corrected chi connectivity index (χ2v) is 7.27. The number of nitrogens with one attached hydrogen (secondary N) is 1. The van der Waals surface area contributed by atoms with Gasteiger partial charge < -0.3 is 14.8 Å². The molecule has 1 aromatic carbocycles. The number of H-pyrrole nitrogens is 1. The molecular formula is C21H27N3O2. The lowest BCUT2D eigenvalue weighted by atomic mass is 9.97. The molecule has 5 heteroatoms. The number of aryl methyl sites for hydroxylation is 1. The van der Waals surface area contributed by atoms with E-state index in [9.17, 15) is 9.59 Å². The van der Waals surface area contributed by atoms with E-state index in [4.69, 9.17) is 0 Å². The Kier molecular flexibility index (Phi) is 5.45. The third-order valence-electron chi connectivity index (χ3n) is 5.07. The van der Waals surface area contributed by atoms with Crippen LogP contribution in [0.25, 0.3) is 0 Å². The third-order valence-corrected chi connectivity index (χ3v) is 5.07. The summed E-state index contributed by atoms with van der Waals surface area (Å²) in [5.74, 6) is 0.486. The Morgan fingerprint density at radius 1 is 1.00 bits per heavy atom. The summed E-state index contributed by atoms with van der Waals surface area (Å²) in [6.07, 6.45) is 4.27. The van der Waals surface area contributed by atoms with Crippen LogP contribution in [0.2, 0.25) is 0 Å². The van der Waals surface area contributed by atoms with Gasteiger partial charge in [-0.15, -0.1) is 0 Å². The molecule has 1 N–H and O–H groups in total. The number of hydrogen-bond donors (Lipinski definition) is 1. The fourth-order valence-corrected chi connectivity index (χ4v) is 3.36. The Morgan fingerprint density at radius 2 is 1.69 bits per heavy atom. The van der Waals surface area contributed by atoms with Crippen molar-refractivity contribution in [1.29, 1.82) is 0 Å². The van der Waals surface area contributed by atoms with Gasteiger partial charge in [0.15, 0.2) is 0 Å². The molecule has 1 aliphatic rings. The molecule has 0 spiro atoms.